The minimum atomic E-state index is 1.13. The second-order valence-electron chi connectivity index (χ2n) is 3.22. The number of rotatable bonds is 1. The SMILES string of the molecule is CCc1cc2c(Br)cc(C)cc2s1. The lowest BCUT2D eigenvalue weighted by Gasteiger charge is -1.95. The summed E-state index contributed by atoms with van der Waals surface area (Å²) in [6.07, 6.45) is 1.13. The van der Waals surface area contributed by atoms with Gasteiger partial charge in [0, 0.05) is 19.4 Å². The average molecular weight is 255 g/mol. The van der Waals surface area contributed by atoms with Crippen LogP contribution in [0.1, 0.15) is 17.4 Å². The van der Waals surface area contributed by atoms with E-state index in [2.05, 4.69) is 48.0 Å². The van der Waals surface area contributed by atoms with Gasteiger partial charge in [-0.3, -0.25) is 0 Å². The Morgan fingerprint density at radius 1 is 1.31 bits per heavy atom. The molecule has 0 N–H and O–H groups in total. The molecule has 1 aromatic carbocycles. The first-order chi connectivity index (χ1) is 6.20. The normalized spacial score (nSPS) is 11.0. The maximum atomic E-state index is 3.60. The van der Waals surface area contributed by atoms with Gasteiger partial charge < -0.3 is 0 Å². The molecule has 0 fully saturated rings. The largest absolute Gasteiger partial charge is 0.140 e. The fourth-order valence-corrected chi connectivity index (χ4v) is 3.40. The predicted molar refractivity (Wildman–Crippen MR) is 63.6 cm³/mol. The van der Waals surface area contributed by atoms with Gasteiger partial charge in [-0.1, -0.05) is 22.9 Å². The fourth-order valence-electron chi connectivity index (χ4n) is 1.45. The van der Waals surface area contributed by atoms with E-state index in [1.54, 1.807) is 0 Å². The highest BCUT2D eigenvalue weighted by molar-refractivity contribution is 9.10. The predicted octanol–water partition coefficient (Wildman–Crippen LogP) is 4.53. The number of fused-ring (bicyclic) bond motifs is 1. The van der Waals surface area contributed by atoms with Gasteiger partial charge in [0.05, 0.1) is 0 Å². The van der Waals surface area contributed by atoms with Gasteiger partial charge in [0.2, 0.25) is 0 Å². The van der Waals surface area contributed by atoms with E-state index in [1.165, 1.54) is 25.0 Å². The Balaban J connectivity index is 2.75. The molecular weight excluding hydrogens is 244 g/mol. The summed E-state index contributed by atoms with van der Waals surface area (Å²) in [7, 11) is 0. The van der Waals surface area contributed by atoms with Crippen LogP contribution in [0.15, 0.2) is 22.7 Å². The molecule has 13 heavy (non-hydrogen) atoms. The zero-order chi connectivity index (χ0) is 9.42. The van der Waals surface area contributed by atoms with Crippen LogP contribution in [0, 0.1) is 6.92 Å². The van der Waals surface area contributed by atoms with Gasteiger partial charge in [-0.05, 0) is 37.1 Å². The van der Waals surface area contributed by atoms with Gasteiger partial charge in [-0.25, -0.2) is 0 Å². The lowest BCUT2D eigenvalue weighted by atomic mass is 10.2. The van der Waals surface area contributed by atoms with Crippen LogP contribution in [0.25, 0.3) is 10.1 Å². The second kappa shape index (κ2) is 3.43. The molecule has 0 aliphatic heterocycles. The van der Waals surface area contributed by atoms with E-state index in [1.807, 2.05) is 11.3 Å². The zero-order valence-electron chi connectivity index (χ0n) is 7.73. The molecule has 2 rings (SSSR count). The molecule has 0 saturated carbocycles. The van der Waals surface area contributed by atoms with Crippen molar-refractivity contribution in [3.63, 3.8) is 0 Å². The second-order valence-corrected chi connectivity index (χ2v) is 5.25. The number of halogens is 1. The molecule has 0 saturated heterocycles. The Bertz CT molecular complexity index is 443. The van der Waals surface area contributed by atoms with Gasteiger partial charge in [-0.15, -0.1) is 11.3 Å². The summed E-state index contributed by atoms with van der Waals surface area (Å²) in [6, 6.07) is 6.71. The van der Waals surface area contributed by atoms with Crippen molar-refractivity contribution in [2.24, 2.45) is 0 Å². The first kappa shape index (κ1) is 9.22. The Morgan fingerprint density at radius 2 is 2.08 bits per heavy atom. The third kappa shape index (κ3) is 1.65. The Morgan fingerprint density at radius 3 is 2.77 bits per heavy atom. The number of benzene rings is 1. The van der Waals surface area contributed by atoms with Gasteiger partial charge in [0.1, 0.15) is 0 Å². The molecule has 68 valence electrons. The van der Waals surface area contributed by atoms with Gasteiger partial charge >= 0.3 is 0 Å². The highest BCUT2D eigenvalue weighted by Gasteiger charge is 2.04. The van der Waals surface area contributed by atoms with E-state index in [4.69, 9.17) is 0 Å². The molecule has 2 aromatic rings. The van der Waals surface area contributed by atoms with Crippen LogP contribution in [-0.4, -0.2) is 0 Å². The van der Waals surface area contributed by atoms with Crippen LogP contribution in [0.5, 0.6) is 0 Å². The Hall–Kier alpha value is -0.340. The smallest absolute Gasteiger partial charge is 0.0359 e. The molecule has 0 aliphatic carbocycles. The van der Waals surface area contributed by atoms with Gasteiger partial charge in [-0.2, -0.15) is 0 Å². The minimum Gasteiger partial charge on any atom is -0.140 e. The number of thiophene rings is 1. The van der Waals surface area contributed by atoms with Crippen LogP contribution >= 0.6 is 27.3 Å². The molecule has 0 radical (unpaired) electrons. The van der Waals surface area contributed by atoms with Crippen molar-refractivity contribution in [3.05, 3.63) is 33.1 Å². The third-order valence-corrected chi connectivity index (χ3v) is 4.01. The molecule has 0 bridgehead atoms. The molecule has 0 nitrogen and oxygen atoms in total. The van der Waals surface area contributed by atoms with Crippen molar-refractivity contribution in [2.75, 3.05) is 0 Å². The molecule has 2 heteroatoms. The Kier molecular flexibility index (Phi) is 2.43. The summed E-state index contributed by atoms with van der Waals surface area (Å²) in [6.45, 7) is 4.33. The molecule has 0 spiro atoms. The molecule has 1 heterocycles. The summed E-state index contributed by atoms with van der Waals surface area (Å²) >= 11 is 5.49. The lowest BCUT2D eigenvalue weighted by Crippen LogP contribution is -1.71. The van der Waals surface area contributed by atoms with Crippen LogP contribution in [0.2, 0.25) is 0 Å². The monoisotopic (exact) mass is 254 g/mol. The van der Waals surface area contributed by atoms with E-state index < -0.39 is 0 Å². The molecular formula is C11H11BrS. The maximum Gasteiger partial charge on any atom is 0.0359 e. The summed E-state index contributed by atoms with van der Waals surface area (Å²) in [4.78, 5) is 1.46. The van der Waals surface area contributed by atoms with Gasteiger partial charge in [0.25, 0.3) is 0 Å². The van der Waals surface area contributed by atoms with E-state index >= 15 is 0 Å². The number of aryl methyl sites for hydroxylation is 2. The van der Waals surface area contributed by atoms with E-state index in [0.717, 1.165) is 6.42 Å². The van der Waals surface area contributed by atoms with Crippen molar-refractivity contribution < 1.29 is 0 Å². The standard InChI is InChI=1S/C11H11BrS/c1-3-8-6-9-10(12)4-7(2)5-11(9)13-8/h4-6H,3H2,1-2H3. The van der Waals surface area contributed by atoms with Crippen molar-refractivity contribution in [3.8, 4) is 0 Å². The summed E-state index contributed by atoms with van der Waals surface area (Å²) in [5.74, 6) is 0. The topological polar surface area (TPSA) is 0 Å². The molecule has 0 atom stereocenters. The molecule has 0 amide bonds. The van der Waals surface area contributed by atoms with Crippen LogP contribution in [0.3, 0.4) is 0 Å². The van der Waals surface area contributed by atoms with Crippen molar-refractivity contribution in [1.82, 2.24) is 0 Å². The van der Waals surface area contributed by atoms with Gasteiger partial charge in [0.15, 0.2) is 0 Å². The van der Waals surface area contributed by atoms with Crippen molar-refractivity contribution in [1.29, 1.82) is 0 Å². The quantitative estimate of drug-likeness (QED) is 0.702. The summed E-state index contributed by atoms with van der Waals surface area (Å²) in [5.41, 5.74) is 1.32. The third-order valence-electron chi connectivity index (χ3n) is 2.13. The first-order valence-corrected chi connectivity index (χ1v) is 6.00. The average Bonchev–Trinajstić information content (AvgIpc) is 2.47. The highest BCUT2D eigenvalue weighted by atomic mass is 79.9. The van der Waals surface area contributed by atoms with E-state index in [9.17, 15) is 0 Å². The first-order valence-electron chi connectivity index (χ1n) is 4.39. The number of hydrogen-bond donors (Lipinski definition) is 0. The van der Waals surface area contributed by atoms with E-state index in [0.29, 0.717) is 0 Å². The lowest BCUT2D eigenvalue weighted by molar-refractivity contribution is 1.19. The molecule has 1 aromatic heterocycles. The Labute approximate surface area is 90.7 Å². The summed E-state index contributed by atoms with van der Waals surface area (Å²) in [5, 5.41) is 1.35. The zero-order valence-corrected chi connectivity index (χ0v) is 10.1. The van der Waals surface area contributed by atoms with Crippen LogP contribution in [-0.2, 0) is 6.42 Å². The highest BCUT2D eigenvalue weighted by Crippen LogP contribution is 2.32. The molecule has 0 aliphatic rings. The van der Waals surface area contributed by atoms with Crippen molar-refractivity contribution >= 4 is 37.4 Å². The van der Waals surface area contributed by atoms with E-state index in [-0.39, 0.29) is 0 Å². The number of hydrogen-bond acceptors (Lipinski definition) is 1. The van der Waals surface area contributed by atoms with Crippen LogP contribution < -0.4 is 0 Å². The minimum absolute atomic E-state index is 1.13. The molecule has 0 unspecified atom stereocenters. The fraction of sp³-hybridized carbons (Fsp3) is 0.273. The van der Waals surface area contributed by atoms with Crippen LogP contribution in [0.4, 0.5) is 0 Å². The van der Waals surface area contributed by atoms with Crippen molar-refractivity contribution in [2.45, 2.75) is 20.3 Å². The summed E-state index contributed by atoms with van der Waals surface area (Å²) < 4.78 is 2.61. The maximum absolute atomic E-state index is 3.60.